The Balaban J connectivity index is 1.42. The van der Waals surface area contributed by atoms with E-state index in [2.05, 4.69) is 14.8 Å². The van der Waals surface area contributed by atoms with Gasteiger partial charge in [-0.05, 0) is 25.0 Å². The second-order valence-corrected chi connectivity index (χ2v) is 6.49. The van der Waals surface area contributed by atoms with Crippen LogP contribution in [-0.2, 0) is 16.6 Å². The molecule has 1 N–H and O–H groups in total. The number of piperazine rings is 1. The number of carbonyl (C=O) groups is 2. The van der Waals surface area contributed by atoms with Crippen LogP contribution in [0.4, 0.5) is 5.95 Å². The lowest BCUT2D eigenvalue weighted by Gasteiger charge is -2.34. The van der Waals surface area contributed by atoms with Gasteiger partial charge in [0.15, 0.2) is 0 Å². The van der Waals surface area contributed by atoms with Crippen molar-refractivity contribution in [2.45, 2.75) is 18.9 Å². The number of benzene rings is 1. The number of rotatable bonds is 2. The highest BCUT2D eigenvalue weighted by molar-refractivity contribution is 6.35. The zero-order valence-corrected chi connectivity index (χ0v) is 13.7. The van der Waals surface area contributed by atoms with Crippen LogP contribution in [0.5, 0.6) is 0 Å². The molecular weight excluding hydrogens is 306 g/mol. The Labute approximate surface area is 140 Å². The molecule has 0 atom stereocenters. The number of para-hydroxylation sites is 2. The maximum absolute atomic E-state index is 12.2. The molecule has 7 nitrogen and oxygen atoms in total. The molecule has 1 aromatic carbocycles. The van der Waals surface area contributed by atoms with Crippen LogP contribution in [0.1, 0.15) is 12.8 Å². The summed E-state index contributed by atoms with van der Waals surface area (Å²) in [7, 11) is 2.01. The molecule has 7 heteroatoms. The third-order valence-electron chi connectivity index (χ3n) is 4.72. The molecule has 1 saturated heterocycles. The summed E-state index contributed by atoms with van der Waals surface area (Å²) in [4.78, 5) is 32.6. The highest BCUT2D eigenvalue weighted by Gasteiger charge is 2.31. The number of fused-ring (bicyclic) bond motifs is 1. The summed E-state index contributed by atoms with van der Waals surface area (Å²) in [6.07, 6.45) is 1.97. The highest BCUT2D eigenvalue weighted by atomic mass is 16.2. The van der Waals surface area contributed by atoms with E-state index in [0.29, 0.717) is 26.2 Å². The van der Waals surface area contributed by atoms with E-state index in [4.69, 9.17) is 4.98 Å². The van der Waals surface area contributed by atoms with Crippen molar-refractivity contribution < 1.29 is 9.59 Å². The van der Waals surface area contributed by atoms with Crippen molar-refractivity contribution >= 4 is 28.8 Å². The van der Waals surface area contributed by atoms with Gasteiger partial charge in [-0.1, -0.05) is 12.1 Å². The first-order chi connectivity index (χ1) is 11.6. The predicted molar refractivity (Wildman–Crippen MR) is 90.7 cm³/mol. The Morgan fingerprint density at radius 1 is 1.12 bits per heavy atom. The quantitative estimate of drug-likeness (QED) is 0.816. The Bertz CT molecular complexity index is 787. The molecule has 2 aliphatic rings. The van der Waals surface area contributed by atoms with Gasteiger partial charge in [0.2, 0.25) is 5.95 Å². The monoisotopic (exact) mass is 327 g/mol. The van der Waals surface area contributed by atoms with E-state index in [1.54, 1.807) is 4.90 Å². The van der Waals surface area contributed by atoms with Gasteiger partial charge < -0.3 is 19.7 Å². The van der Waals surface area contributed by atoms with Crippen LogP contribution in [0.15, 0.2) is 24.3 Å². The molecule has 1 aromatic heterocycles. The molecule has 1 aliphatic carbocycles. The molecule has 2 aromatic rings. The fourth-order valence-corrected chi connectivity index (χ4v) is 3.14. The first kappa shape index (κ1) is 15.0. The van der Waals surface area contributed by atoms with E-state index in [1.165, 1.54) is 0 Å². The van der Waals surface area contributed by atoms with Crippen LogP contribution in [0.25, 0.3) is 11.0 Å². The maximum Gasteiger partial charge on any atom is 0.312 e. The Hall–Kier alpha value is -2.57. The number of nitrogens with zero attached hydrogens (tertiary/aromatic N) is 4. The molecule has 24 heavy (non-hydrogen) atoms. The Morgan fingerprint density at radius 2 is 1.83 bits per heavy atom. The van der Waals surface area contributed by atoms with Crippen LogP contribution in [0, 0.1) is 0 Å². The minimum Gasteiger partial charge on any atom is -0.345 e. The van der Waals surface area contributed by atoms with Crippen molar-refractivity contribution in [2.75, 3.05) is 31.1 Å². The van der Waals surface area contributed by atoms with E-state index in [-0.39, 0.29) is 6.04 Å². The number of carbonyl (C=O) groups excluding carboxylic acids is 2. The molecule has 2 amide bonds. The second kappa shape index (κ2) is 5.81. The molecule has 0 radical (unpaired) electrons. The maximum atomic E-state index is 12.2. The van der Waals surface area contributed by atoms with Crippen LogP contribution < -0.4 is 10.2 Å². The number of amides is 2. The molecule has 126 valence electrons. The van der Waals surface area contributed by atoms with Crippen molar-refractivity contribution in [3.05, 3.63) is 24.3 Å². The Kier molecular flexibility index (Phi) is 3.63. The summed E-state index contributed by atoms with van der Waals surface area (Å²) >= 11 is 0. The third kappa shape index (κ3) is 2.70. The zero-order valence-electron chi connectivity index (χ0n) is 13.7. The first-order valence-corrected chi connectivity index (χ1v) is 8.39. The summed E-state index contributed by atoms with van der Waals surface area (Å²) in [5, 5.41) is 2.76. The Morgan fingerprint density at radius 3 is 2.50 bits per heavy atom. The lowest BCUT2D eigenvalue weighted by molar-refractivity contribution is -0.146. The molecule has 0 unspecified atom stereocenters. The number of hydrogen-bond donors (Lipinski definition) is 1. The first-order valence-electron chi connectivity index (χ1n) is 8.39. The van der Waals surface area contributed by atoms with Crippen molar-refractivity contribution in [2.24, 2.45) is 7.05 Å². The molecule has 2 heterocycles. The van der Waals surface area contributed by atoms with Gasteiger partial charge in [-0.25, -0.2) is 4.98 Å². The summed E-state index contributed by atoms with van der Waals surface area (Å²) < 4.78 is 2.08. The van der Waals surface area contributed by atoms with Crippen molar-refractivity contribution in [3.8, 4) is 0 Å². The molecule has 4 rings (SSSR count). The van der Waals surface area contributed by atoms with Gasteiger partial charge in [-0.15, -0.1) is 0 Å². The minimum atomic E-state index is -0.464. The van der Waals surface area contributed by atoms with Crippen molar-refractivity contribution in [1.82, 2.24) is 19.8 Å². The number of aromatic nitrogens is 2. The second-order valence-electron chi connectivity index (χ2n) is 6.49. The molecule has 0 bridgehead atoms. The molecule has 2 fully saturated rings. The number of aryl methyl sites for hydroxylation is 1. The average Bonchev–Trinajstić information content (AvgIpc) is 3.36. The van der Waals surface area contributed by atoms with Crippen molar-refractivity contribution in [1.29, 1.82) is 0 Å². The van der Waals surface area contributed by atoms with E-state index in [0.717, 1.165) is 29.8 Å². The zero-order chi connectivity index (χ0) is 16.7. The van der Waals surface area contributed by atoms with E-state index in [1.807, 2.05) is 31.3 Å². The van der Waals surface area contributed by atoms with Gasteiger partial charge in [-0.3, -0.25) is 9.59 Å². The average molecular weight is 327 g/mol. The number of nitrogens with one attached hydrogen (secondary N) is 1. The largest absolute Gasteiger partial charge is 0.345 e. The highest BCUT2D eigenvalue weighted by Crippen LogP contribution is 2.22. The smallest absolute Gasteiger partial charge is 0.312 e. The van der Waals surface area contributed by atoms with Gasteiger partial charge in [0, 0.05) is 39.3 Å². The molecular formula is C17H21N5O2. The predicted octanol–water partition coefficient (Wildman–Crippen LogP) is 0.500. The SMILES string of the molecule is Cn1c(N2CCN(C(=O)C(=O)NC3CC3)CC2)nc2ccccc21. The number of imidazole rings is 1. The topological polar surface area (TPSA) is 70.5 Å². The van der Waals surface area contributed by atoms with E-state index in [9.17, 15) is 9.59 Å². The van der Waals surface area contributed by atoms with Gasteiger partial charge >= 0.3 is 11.8 Å². The third-order valence-corrected chi connectivity index (χ3v) is 4.72. The lowest BCUT2D eigenvalue weighted by Crippen LogP contribution is -2.53. The molecule has 1 aliphatic heterocycles. The summed E-state index contributed by atoms with van der Waals surface area (Å²) in [6, 6.07) is 8.24. The fourth-order valence-electron chi connectivity index (χ4n) is 3.14. The number of hydrogen-bond acceptors (Lipinski definition) is 4. The fraction of sp³-hybridized carbons (Fsp3) is 0.471. The van der Waals surface area contributed by atoms with Crippen LogP contribution in [-0.4, -0.2) is 58.5 Å². The van der Waals surface area contributed by atoms with Crippen molar-refractivity contribution in [3.63, 3.8) is 0 Å². The lowest BCUT2D eigenvalue weighted by atomic mass is 10.3. The van der Waals surface area contributed by atoms with Crippen LogP contribution >= 0.6 is 0 Å². The molecule has 0 spiro atoms. The van der Waals surface area contributed by atoms with Gasteiger partial charge in [0.05, 0.1) is 11.0 Å². The summed E-state index contributed by atoms with van der Waals surface area (Å²) in [5.41, 5.74) is 2.06. The molecule has 1 saturated carbocycles. The minimum absolute atomic E-state index is 0.211. The van der Waals surface area contributed by atoms with Crippen LogP contribution in [0.3, 0.4) is 0 Å². The summed E-state index contributed by atoms with van der Waals surface area (Å²) in [6.45, 7) is 2.44. The normalized spacial score (nSPS) is 18.0. The van der Waals surface area contributed by atoms with Gasteiger partial charge in [0.1, 0.15) is 0 Å². The van der Waals surface area contributed by atoms with Gasteiger partial charge in [0.25, 0.3) is 0 Å². The van der Waals surface area contributed by atoms with E-state index < -0.39 is 11.8 Å². The standard InChI is InChI=1S/C17H21N5O2/c1-20-14-5-3-2-4-13(14)19-17(20)22-10-8-21(9-11-22)16(24)15(23)18-12-6-7-12/h2-5,12H,6-11H2,1H3,(H,18,23). The summed E-state index contributed by atoms with van der Waals surface area (Å²) in [5.74, 6) is 0.0333. The number of anilines is 1. The van der Waals surface area contributed by atoms with Gasteiger partial charge in [-0.2, -0.15) is 0 Å². The van der Waals surface area contributed by atoms with E-state index >= 15 is 0 Å². The van der Waals surface area contributed by atoms with Crippen LogP contribution in [0.2, 0.25) is 0 Å².